The average Bonchev–Trinajstić information content (AvgIpc) is 2.10. The van der Waals surface area contributed by atoms with Crippen LogP contribution < -0.4 is 5.32 Å². The molecular weight excluding hydrogens is 150 g/mol. The van der Waals surface area contributed by atoms with Gasteiger partial charge in [0.15, 0.2) is 0 Å². The predicted molar refractivity (Wildman–Crippen MR) is 50.5 cm³/mol. The zero-order valence-corrected chi connectivity index (χ0v) is 7.63. The van der Waals surface area contributed by atoms with Crippen LogP contribution in [0.15, 0.2) is 23.3 Å². The van der Waals surface area contributed by atoms with E-state index >= 15 is 0 Å². The van der Waals surface area contributed by atoms with E-state index in [1.54, 1.807) is 7.05 Å². The summed E-state index contributed by atoms with van der Waals surface area (Å²) in [7, 11) is 3.61. The summed E-state index contributed by atoms with van der Waals surface area (Å²) in [5, 5.41) is 3.00. The van der Waals surface area contributed by atoms with E-state index in [4.69, 9.17) is 0 Å². The molecule has 1 heterocycles. The maximum Gasteiger partial charge on any atom is 0.129 e. The number of aromatic nitrogens is 1. The third-order valence-corrected chi connectivity index (χ3v) is 1.65. The van der Waals surface area contributed by atoms with Gasteiger partial charge in [-0.25, -0.2) is 0 Å². The zero-order chi connectivity index (χ0) is 8.97. The number of hydrogen-bond acceptors (Lipinski definition) is 2. The van der Waals surface area contributed by atoms with Gasteiger partial charge in [-0.15, -0.1) is 0 Å². The highest BCUT2D eigenvalue weighted by atomic mass is 15.0. The Morgan fingerprint density at radius 1 is 1.50 bits per heavy atom. The molecule has 3 nitrogen and oxygen atoms in total. The summed E-state index contributed by atoms with van der Waals surface area (Å²) < 4.78 is 0. The number of nitrogens with zero attached hydrogens (tertiary/aromatic N) is 2. The lowest BCUT2D eigenvalue weighted by molar-refractivity contribution is 1.13. The largest absolute Gasteiger partial charge is 0.373 e. The zero-order valence-electron chi connectivity index (χ0n) is 7.63. The van der Waals surface area contributed by atoms with Crippen molar-refractivity contribution in [2.75, 3.05) is 14.1 Å². The molecule has 1 aromatic rings. The first-order valence-corrected chi connectivity index (χ1v) is 3.85. The van der Waals surface area contributed by atoms with Gasteiger partial charge >= 0.3 is 0 Å². The van der Waals surface area contributed by atoms with Gasteiger partial charge in [0.1, 0.15) is 5.84 Å². The molecule has 0 aromatic carbocycles. The van der Waals surface area contributed by atoms with Crippen LogP contribution in [0.4, 0.5) is 0 Å². The van der Waals surface area contributed by atoms with Crippen LogP contribution in [0.1, 0.15) is 11.3 Å². The van der Waals surface area contributed by atoms with Crippen LogP contribution in [0.3, 0.4) is 0 Å². The van der Waals surface area contributed by atoms with Crippen molar-refractivity contribution in [1.29, 1.82) is 0 Å². The predicted octanol–water partition coefficient (Wildman–Crippen LogP) is 0.986. The molecule has 0 radical (unpaired) electrons. The van der Waals surface area contributed by atoms with E-state index in [2.05, 4.69) is 15.3 Å². The molecule has 1 aromatic heterocycles. The molecule has 0 saturated carbocycles. The van der Waals surface area contributed by atoms with Crippen molar-refractivity contribution in [2.24, 2.45) is 4.99 Å². The number of rotatable bonds is 1. The lowest BCUT2D eigenvalue weighted by atomic mass is 10.2. The maximum atomic E-state index is 4.18. The maximum absolute atomic E-state index is 4.18. The van der Waals surface area contributed by atoms with Crippen molar-refractivity contribution in [1.82, 2.24) is 10.3 Å². The number of pyridine rings is 1. The Kier molecular flexibility index (Phi) is 2.80. The normalized spacial score (nSPS) is 11.4. The molecule has 0 aliphatic rings. The molecule has 0 unspecified atom stereocenters. The molecular formula is C9H13N3. The topological polar surface area (TPSA) is 37.3 Å². The van der Waals surface area contributed by atoms with Gasteiger partial charge in [0.05, 0.1) is 0 Å². The van der Waals surface area contributed by atoms with E-state index in [0.717, 1.165) is 17.1 Å². The number of hydrogen-bond donors (Lipinski definition) is 1. The Balaban J connectivity index is 2.96. The molecule has 0 atom stereocenters. The fourth-order valence-electron chi connectivity index (χ4n) is 0.993. The lowest BCUT2D eigenvalue weighted by Gasteiger charge is -2.03. The third kappa shape index (κ3) is 1.81. The summed E-state index contributed by atoms with van der Waals surface area (Å²) in [6.45, 7) is 1.96. The summed E-state index contributed by atoms with van der Waals surface area (Å²) in [6, 6.07) is 3.97. The SMILES string of the molecule is CN=C(NC)c1ccc(C)nc1. The van der Waals surface area contributed by atoms with Crippen molar-refractivity contribution >= 4 is 5.84 Å². The average molecular weight is 163 g/mol. The standard InChI is InChI=1S/C9H13N3/c1-7-4-5-8(6-12-7)9(10-2)11-3/h4-6H,1-3H3,(H,10,11). The van der Waals surface area contributed by atoms with Crippen molar-refractivity contribution in [2.45, 2.75) is 6.92 Å². The molecule has 64 valence electrons. The molecule has 0 spiro atoms. The number of amidine groups is 1. The van der Waals surface area contributed by atoms with Gasteiger partial charge in [0.2, 0.25) is 0 Å². The second-order valence-corrected chi connectivity index (χ2v) is 2.51. The van der Waals surface area contributed by atoms with Crippen LogP contribution in [-0.2, 0) is 0 Å². The van der Waals surface area contributed by atoms with Crippen molar-refractivity contribution < 1.29 is 0 Å². The van der Waals surface area contributed by atoms with Gasteiger partial charge in [-0.05, 0) is 19.1 Å². The molecule has 0 saturated heterocycles. The summed E-state index contributed by atoms with van der Waals surface area (Å²) in [5.74, 6) is 0.863. The molecule has 1 rings (SSSR count). The third-order valence-electron chi connectivity index (χ3n) is 1.65. The first kappa shape index (κ1) is 8.71. The van der Waals surface area contributed by atoms with E-state index < -0.39 is 0 Å². The van der Waals surface area contributed by atoms with E-state index in [1.165, 1.54) is 0 Å². The van der Waals surface area contributed by atoms with Crippen molar-refractivity contribution in [3.05, 3.63) is 29.6 Å². The van der Waals surface area contributed by atoms with Crippen LogP contribution >= 0.6 is 0 Å². The number of aliphatic imine (C=N–C) groups is 1. The Bertz CT molecular complexity index is 274. The summed E-state index contributed by atoms with van der Waals surface area (Å²) in [5.41, 5.74) is 2.04. The van der Waals surface area contributed by atoms with Gasteiger partial charge in [0.25, 0.3) is 0 Å². The van der Waals surface area contributed by atoms with Gasteiger partial charge in [-0.1, -0.05) is 0 Å². The van der Waals surface area contributed by atoms with Crippen LogP contribution in [-0.4, -0.2) is 24.9 Å². The molecule has 0 amide bonds. The second kappa shape index (κ2) is 3.85. The highest BCUT2D eigenvalue weighted by molar-refractivity contribution is 5.98. The molecule has 0 aliphatic carbocycles. The highest BCUT2D eigenvalue weighted by Gasteiger charge is 1.98. The fraction of sp³-hybridized carbons (Fsp3) is 0.333. The van der Waals surface area contributed by atoms with Crippen LogP contribution in [0.5, 0.6) is 0 Å². The second-order valence-electron chi connectivity index (χ2n) is 2.51. The van der Waals surface area contributed by atoms with Gasteiger partial charge < -0.3 is 5.32 Å². The molecule has 0 aliphatic heterocycles. The van der Waals surface area contributed by atoms with Gasteiger partial charge in [0, 0.05) is 31.5 Å². The number of nitrogens with one attached hydrogen (secondary N) is 1. The Labute approximate surface area is 72.6 Å². The minimum atomic E-state index is 0.863. The van der Waals surface area contributed by atoms with Gasteiger partial charge in [-0.3, -0.25) is 9.98 Å². The molecule has 0 bridgehead atoms. The molecule has 1 N–H and O–H groups in total. The van der Waals surface area contributed by atoms with Crippen LogP contribution in [0.2, 0.25) is 0 Å². The Morgan fingerprint density at radius 3 is 2.67 bits per heavy atom. The lowest BCUT2D eigenvalue weighted by Crippen LogP contribution is -2.19. The Morgan fingerprint density at radius 2 is 2.25 bits per heavy atom. The molecule has 0 fully saturated rings. The van der Waals surface area contributed by atoms with E-state index in [1.807, 2.05) is 32.3 Å². The first-order chi connectivity index (χ1) is 5.77. The van der Waals surface area contributed by atoms with Crippen LogP contribution in [0, 0.1) is 6.92 Å². The summed E-state index contributed by atoms with van der Waals surface area (Å²) in [4.78, 5) is 8.25. The van der Waals surface area contributed by atoms with Gasteiger partial charge in [-0.2, -0.15) is 0 Å². The van der Waals surface area contributed by atoms with Crippen molar-refractivity contribution in [3.8, 4) is 0 Å². The smallest absolute Gasteiger partial charge is 0.129 e. The summed E-state index contributed by atoms with van der Waals surface area (Å²) >= 11 is 0. The minimum Gasteiger partial charge on any atom is -0.373 e. The first-order valence-electron chi connectivity index (χ1n) is 3.85. The van der Waals surface area contributed by atoms with Crippen LogP contribution in [0.25, 0.3) is 0 Å². The quantitative estimate of drug-likeness (QED) is 0.495. The monoisotopic (exact) mass is 163 g/mol. The fourth-order valence-corrected chi connectivity index (χ4v) is 0.993. The van der Waals surface area contributed by atoms with E-state index in [9.17, 15) is 0 Å². The highest BCUT2D eigenvalue weighted by Crippen LogP contribution is 1.99. The number of aryl methyl sites for hydroxylation is 1. The van der Waals surface area contributed by atoms with E-state index in [-0.39, 0.29) is 0 Å². The summed E-state index contributed by atoms with van der Waals surface area (Å²) in [6.07, 6.45) is 1.81. The molecule has 3 heteroatoms. The van der Waals surface area contributed by atoms with E-state index in [0.29, 0.717) is 0 Å². The Hall–Kier alpha value is -1.38. The minimum absolute atomic E-state index is 0.863. The molecule has 12 heavy (non-hydrogen) atoms. The van der Waals surface area contributed by atoms with Crippen molar-refractivity contribution in [3.63, 3.8) is 0 Å².